The lowest BCUT2D eigenvalue weighted by atomic mass is 10.1. The highest BCUT2D eigenvalue weighted by Gasteiger charge is 2.20. The van der Waals surface area contributed by atoms with Gasteiger partial charge in [0.05, 0.1) is 11.4 Å². The molecule has 1 amide bonds. The number of carbonyl (C=O) groups excluding carboxylic acids is 1. The summed E-state index contributed by atoms with van der Waals surface area (Å²) in [6.07, 6.45) is 0. The number of rotatable bonds is 2. The van der Waals surface area contributed by atoms with Crippen molar-refractivity contribution in [3.05, 3.63) is 58.7 Å². The summed E-state index contributed by atoms with van der Waals surface area (Å²) in [5.74, 6) is -5.45. The maximum absolute atomic E-state index is 13.8. The minimum Gasteiger partial charge on any atom is -0.396 e. The van der Waals surface area contributed by atoms with Gasteiger partial charge in [0.2, 0.25) is 0 Å². The molecule has 0 aliphatic rings. The molecule has 0 aliphatic carbocycles. The number of halogens is 4. The molecular formula is C14H10F4N2O. The summed E-state index contributed by atoms with van der Waals surface area (Å²) in [5.41, 5.74) is 3.57. The number of hydrogen-bond acceptors (Lipinski definition) is 2. The second kappa shape index (κ2) is 5.43. The lowest BCUT2D eigenvalue weighted by Gasteiger charge is -2.10. The van der Waals surface area contributed by atoms with E-state index in [4.69, 9.17) is 5.73 Å². The normalized spacial score (nSPS) is 10.5. The molecule has 3 nitrogen and oxygen atoms in total. The van der Waals surface area contributed by atoms with Gasteiger partial charge in [-0.05, 0) is 24.6 Å². The summed E-state index contributed by atoms with van der Waals surface area (Å²) in [6.45, 7) is 1.35. The van der Waals surface area contributed by atoms with Crippen LogP contribution in [0, 0.1) is 30.2 Å². The molecular weight excluding hydrogens is 288 g/mol. The molecule has 0 aliphatic heterocycles. The highest BCUT2D eigenvalue weighted by molar-refractivity contribution is 6.05. The zero-order valence-corrected chi connectivity index (χ0v) is 10.8. The van der Waals surface area contributed by atoms with Crippen LogP contribution in [0.25, 0.3) is 0 Å². The third kappa shape index (κ3) is 2.81. The zero-order chi connectivity index (χ0) is 15.7. The van der Waals surface area contributed by atoms with Gasteiger partial charge in [-0.15, -0.1) is 0 Å². The van der Waals surface area contributed by atoms with E-state index in [0.29, 0.717) is 6.07 Å². The molecule has 0 fully saturated rings. The van der Waals surface area contributed by atoms with Gasteiger partial charge in [0, 0.05) is 6.07 Å². The standard InChI is InChI=1S/C14H10F4N2O/c1-6-2-3-7(15)12(13(6)18)14(21)20-11-5-10(19)8(16)4-9(11)17/h2-5H,19H2,1H3,(H,20,21). The Bertz CT molecular complexity index is 731. The molecule has 0 saturated carbocycles. The highest BCUT2D eigenvalue weighted by Crippen LogP contribution is 2.23. The molecule has 2 aromatic rings. The predicted octanol–water partition coefficient (Wildman–Crippen LogP) is 3.39. The van der Waals surface area contributed by atoms with E-state index >= 15 is 0 Å². The Balaban J connectivity index is 2.40. The number of nitrogens with one attached hydrogen (secondary N) is 1. The van der Waals surface area contributed by atoms with E-state index in [0.717, 1.165) is 18.2 Å². The van der Waals surface area contributed by atoms with Gasteiger partial charge in [-0.1, -0.05) is 6.07 Å². The second-order valence-corrected chi connectivity index (χ2v) is 4.36. The second-order valence-electron chi connectivity index (χ2n) is 4.36. The van der Waals surface area contributed by atoms with E-state index in [1.807, 2.05) is 5.32 Å². The minimum atomic E-state index is -1.20. The van der Waals surface area contributed by atoms with Gasteiger partial charge in [0.15, 0.2) is 0 Å². The topological polar surface area (TPSA) is 55.1 Å². The van der Waals surface area contributed by atoms with Crippen molar-refractivity contribution in [2.75, 3.05) is 11.1 Å². The van der Waals surface area contributed by atoms with Gasteiger partial charge in [-0.2, -0.15) is 0 Å². The molecule has 0 spiro atoms. The number of carbonyl (C=O) groups is 1. The van der Waals surface area contributed by atoms with E-state index in [9.17, 15) is 22.4 Å². The van der Waals surface area contributed by atoms with Crippen LogP contribution in [0.4, 0.5) is 28.9 Å². The summed E-state index contributed by atoms with van der Waals surface area (Å²) in [4.78, 5) is 11.9. The number of aryl methyl sites for hydroxylation is 1. The van der Waals surface area contributed by atoms with E-state index in [-0.39, 0.29) is 5.56 Å². The molecule has 2 rings (SSSR count). The van der Waals surface area contributed by atoms with Crippen molar-refractivity contribution in [2.45, 2.75) is 6.92 Å². The van der Waals surface area contributed by atoms with Crippen molar-refractivity contribution in [1.82, 2.24) is 0 Å². The Morgan fingerprint density at radius 2 is 1.71 bits per heavy atom. The van der Waals surface area contributed by atoms with Crippen LogP contribution in [-0.2, 0) is 0 Å². The van der Waals surface area contributed by atoms with Crippen molar-refractivity contribution in [1.29, 1.82) is 0 Å². The summed E-state index contributed by atoms with van der Waals surface area (Å²) >= 11 is 0. The summed E-state index contributed by atoms with van der Waals surface area (Å²) < 4.78 is 53.8. The van der Waals surface area contributed by atoms with Crippen LogP contribution < -0.4 is 11.1 Å². The van der Waals surface area contributed by atoms with Crippen molar-refractivity contribution in [3.8, 4) is 0 Å². The van der Waals surface area contributed by atoms with Crippen molar-refractivity contribution < 1.29 is 22.4 Å². The van der Waals surface area contributed by atoms with Crippen molar-refractivity contribution in [2.24, 2.45) is 0 Å². The largest absolute Gasteiger partial charge is 0.396 e. The first-order chi connectivity index (χ1) is 9.81. The van der Waals surface area contributed by atoms with E-state index in [1.165, 1.54) is 6.92 Å². The number of nitrogens with two attached hydrogens (primary N) is 1. The molecule has 2 aromatic carbocycles. The Morgan fingerprint density at radius 1 is 1.05 bits per heavy atom. The number of benzene rings is 2. The summed E-state index contributed by atoms with van der Waals surface area (Å²) in [5, 5.41) is 1.96. The molecule has 110 valence electrons. The lowest BCUT2D eigenvalue weighted by Crippen LogP contribution is -2.17. The average Bonchev–Trinajstić information content (AvgIpc) is 2.41. The van der Waals surface area contributed by atoms with Gasteiger partial charge in [-0.25, -0.2) is 17.6 Å². The number of hydrogen-bond donors (Lipinski definition) is 2. The third-order valence-corrected chi connectivity index (χ3v) is 2.85. The summed E-state index contributed by atoms with van der Waals surface area (Å²) in [6, 6.07) is 3.38. The Hall–Kier alpha value is -2.57. The first-order valence-electron chi connectivity index (χ1n) is 5.81. The van der Waals surface area contributed by atoms with E-state index in [1.54, 1.807) is 0 Å². The molecule has 0 bridgehead atoms. The Kier molecular flexibility index (Phi) is 3.84. The van der Waals surface area contributed by atoms with Gasteiger partial charge in [0.25, 0.3) is 5.91 Å². The Labute approximate surface area is 117 Å². The third-order valence-electron chi connectivity index (χ3n) is 2.85. The maximum atomic E-state index is 13.8. The van der Waals surface area contributed by atoms with Crippen LogP contribution in [0.2, 0.25) is 0 Å². The fourth-order valence-corrected chi connectivity index (χ4v) is 1.71. The number of nitrogen functional groups attached to an aromatic ring is 1. The molecule has 0 unspecified atom stereocenters. The van der Waals surface area contributed by atoms with Crippen LogP contribution in [0.3, 0.4) is 0 Å². The highest BCUT2D eigenvalue weighted by atomic mass is 19.1. The quantitative estimate of drug-likeness (QED) is 0.659. The average molecular weight is 298 g/mol. The van der Waals surface area contributed by atoms with Crippen LogP contribution in [-0.4, -0.2) is 5.91 Å². The van der Waals surface area contributed by atoms with Gasteiger partial charge < -0.3 is 11.1 Å². The fourth-order valence-electron chi connectivity index (χ4n) is 1.71. The smallest absolute Gasteiger partial charge is 0.261 e. The van der Waals surface area contributed by atoms with Crippen LogP contribution in [0.15, 0.2) is 24.3 Å². The molecule has 7 heteroatoms. The first kappa shape index (κ1) is 14.8. The maximum Gasteiger partial charge on any atom is 0.261 e. The van der Waals surface area contributed by atoms with Crippen LogP contribution in [0.5, 0.6) is 0 Å². The van der Waals surface area contributed by atoms with Crippen LogP contribution in [0.1, 0.15) is 15.9 Å². The molecule has 0 atom stereocenters. The minimum absolute atomic E-state index is 0.0561. The predicted molar refractivity (Wildman–Crippen MR) is 69.8 cm³/mol. The fraction of sp³-hybridized carbons (Fsp3) is 0.0714. The first-order valence-corrected chi connectivity index (χ1v) is 5.81. The zero-order valence-electron chi connectivity index (χ0n) is 10.8. The molecule has 3 N–H and O–H groups in total. The van der Waals surface area contributed by atoms with Gasteiger partial charge in [0.1, 0.15) is 28.8 Å². The van der Waals surface area contributed by atoms with Gasteiger partial charge >= 0.3 is 0 Å². The number of amides is 1. The monoisotopic (exact) mass is 298 g/mol. The van der Waals surface area contributed by atoms with Crippen LogP contribution >= 0.6 is 0 Å². The van der Waals surface area contributed by atoms with Gasteiger partial charge in [-0.3, -0.25) is 4.79 Å². The number of anilines is 2. The lowest BCUT2D eigenvalue weighted by molar-refractivity contribution is 0.101. The molecule has 0 heterocycles. The van der Waals surface area contributed by atoms with Crippen molar-refractivity contribution in [3.63, 3.8) is 0 Å². The van der Waals surface area contributed by atoms with Crippen molar-refractivity contribution >= 4 is 17.3 Å². The Morgan fingerprint density at radius 3 is 2.38 bits per heavy atom. The van der Waals surface area contributed by atoms with E-state index in [2.05, 4.69) is 0 Å². The molecule has 0 aromatic heterocycles. The molecule has 0 saturated heterocycles. The summed E-state index contributed by atoms with van der Waals surface area (Å²) in [7, 11) is 0. The SMILES string of the molecule is Cc1ccc(F)c(C(=O)Nc2cc(N)c(F)cc2F)c1F. The molecule has 0 radical (unpaired) electrons. The molecule has 21 heavy (non-hydrogen) atoms. The van der Waals surface area contributed by atoms with E-state index < -0.39 is 46.1 Å².